The summed E-state index contributed by atoms with van der Waals surface area (Å²) in [5, 5.41) is 8.08. The van der Waals surface area contributed by atoms with Gasteiger partial charge in [0.1, 0.15) is 11.6 Å². The van der Waals surface area contributed by atoms with Crippen molar-refractivity contribution in [2.45, 2.75) is 6.92 Å². The lowest BCUT2D eigenvalue weighted by Crippen LogP contribution is -2.45. The van der Waals surface area contributed by atoms with Crippen LogP contribution in [0.1, 0.15) is 23.0 Å². The van der Waals surface area contributed by atoms with E-state index in [0.29, 0.717) is 5.56 Å². The molecule has 0 aliphatic carbocycles. The van der Waals surface area contributed by atoms with Crippen molar-refractivity contribution in [1.82, 2.24) is 4.90 Å². The average molecular weight is 458 g/mol. The van der Waals surface area contributed by atoms with Crippen LogP contribution >= 0.6 is 11.9 Å². The molecule has 0 saturated carbocycles. The summed E-state index contributed by atoms with van der Waals surface area (Å²) in [7, 11) is -3.71. The number of fused-ring (bicyclic) bond motifs is 1. The third-order valence-corrected chi connectivity index (χ3v) is 6.68. The summed E-state index contributed by atoms with van der Waals surface area (Å²) in [6, 6.07) is 9.22. The van der Waals surface area contributed by atoms with E-state index in [1.165, 1.54) is 37.5 Å². The number of furan rings is 1. The van der Waals surface area contributed by atoms with Crippen molar-refractivity contribution in [2.24, 2.45) is 9.39 Å². The summed E-state index contributed by atoms with van der Waals surface area (Å²) in [5.41, 5.74) is 0.429. The number of ether oxygens (including phenoxy) is 1. The number of hydrogen-bond acceptors (Lipinski definition) is 9. The van der Waals surface area contributed by atoms with E-state index in [1.54, 1.807) is 18.2 Å². The number of rotatable bonds is 4. The lowest BCUT2D eigenvalue weighted by Gasteiger charge is -2.24. The van der Waals surface area contributed by atoms with Gasteiger partial charge in [-0.1, -0.05) is 19.1 Å². The molecular formula is C19H14N4O6S2. The van der Waals surface area contributed by atoms with Crippen LogP contribution in [0.5, 0.6) is 5.75 Å². The molecule has 12 heteroatoms. The smallest absolute Gasteiger partial charge is 0.379 e. The van der Waals surface area contributed by atoms with Gasteiger partial charge in [-0.25, -0.2) is 18.1 Å². The second-order valence-corrected chi connectivity index (χ2v) is 9.15. The number of sulfone groups is 1. The Morgan fingerprint density at radius 1 is 1.29 bits per heavy atom. The number of amides is 1. The Morgan fingerprint density at radius 2 is 2.03 bits per heavy atom. The zero-order chi connectivity index (χ0) is 22.2. The van der Waals surface area contributed by atoms with Crippen LogP contribution in [0.4, 0.5) is 0 Å². The molecule has 0 spiro atoms. The highest BCUT2D eigenvalue weighted by molar-refractivity contribution is 8.16. The Bertz CT molecular complexity index is 1280. The number of nitrogens with zero attached hydrogens (tertiary/aromatic N) is 3. The van der Waals surface area contributed by atoms with Gasteiger partial charge in [-0.3, -0.25) is 10.2 Å². The quantitative estimate of drug-likeness (QED) is 0.319. The minimum atomic E-state index is -3.71. The van der Waals surface area contributed by atoms with Crippen molar-refractivity contribution in [3.63, 3.8) is 0 Å². The predicted octanol–water partition coefficient (Wildman–Crippen LogP) is 2.51. The van der Waals surface area contributed by atoms with E-state index in [9.17, 15) is 18.0 Å². The van der Waals surface area contributed by atoms with Gasteiger partial charge >= 0.3 is 5.97 Å². The Kier molecular flexibility index (Phi) is 5.33. The second kappa shape index (κ2) is 7.96. The molecular weight excluding hydrogens is 444 g/mol. The molecule has 0 fully saturated rings. The normalized spacial score (nSPS) is 17.5. The molecule has 2 aliphatic rings. The third-order valence-electron chi connectivity index (χ3n) is 4.28. The van der Waals surface area contributed by atoms with Gasteiger partial charge in [0.15, 0.2) is 0 Å². The molecule has 0 unspecified atom stereocenters. The fraction of sp³-hybridized carbons (Fsp3) is 0.105. The van der Waals surface area contributed by atoms with Crippen molar-refractivity contribution in [2.75, 3.05) is 5.75 Å². The first kappa shape index (κ1) is 20.8. The fourth-order valence-electron chi connectivity index (χ4n) is 2.68. The summed E-state index contributed by atoms with van der Waals surface area (Å²) in [4.78, 5) is 29.2. The standard InChI is InChI=1S/C19H14N4O6S2/c1-2-31(26,27)19-22-30-18-21-16(24)13(15(20)23(18)19)10-11-5-7-12(8-6-11)29-17(25)14-4-3-9-28-14/h3-10,20H,2H2,1H3. The lowest BCUT2D eigenvalue weighted by atomic mass is 10.1. The maximum atomic E-state index is 12.4. The molecule has 2 aromatic rings. The Hall–Kier alpha value is -3.51. The molecule has 0 radical (unpaired) electrons. The van der Waals surface area contributed by atoms with Crippen LogP contribution in [0.15, 0.2) is 62.0 Å². The zero-order valence-corrected chi connectivity index (χ0v) is 17.6. The first-order valence-corrected chi connectivity index (χ1v) is 11.3. The number of carbonyl (C=O) groups excluding carboxylic acids is 2. The molecule has 0 saturated heterocycles. The van der Waals surface area contributed by atoms with E-state index in [2.05, 4.69) is 9.39 Å². The SMILES string of the molecule is CCS(=O)(=O)C1=NSC2=NC(=O)C(=Cc3ccc(OC(=O)c4ccco4)cc3)C(=N)N21. The van der Waals surface area contributed by atoms with Crippen molar-refractivity contribution < 1.29 is 27.2 Å². The molecule has 158 valence electrons. The summed E-state index contributed by atoms with van der Waals surface area (Å²) in [6.45, 7) is 1.47. The van der Waals surface area contributed by atoms with Gasteiger partial charge < -0.3 is 9.15 Å². The highest BCUT2D eigenvalue weighted by Gasteiger charge is 2.42. The van der Waals surface area contributed by atoms with E-state index in [-0.39, 0.29) is 39.0 Å². The van der Waals surface area contributed by atoms with Gasteiger partial charge in [0.25, 0.3) is 5.91 Å². The monoisotopic (exact) mass is 458 g/mol. The van der Waals surface area contributed by atoms with Gasteiger partial charge in [0, 0.05) is 0 Å². The number of carbonyl (C=O) groups is 2. The molecule has 1 aromatic heterocycles. The number of hydrogen-bond donors (Lipinski definition) is 1. The van der Waals surface area contributed by atoms with Crippen LogP contribution in [0, 0.1) is 5.41 Å². The molecule has 2 aliphatic heterocycles. The largest absolute Gasteiger partial charge is 0.457 e. The molecule has 4 rings (SSSR count). The van der Waals surface area contributed by atoms with Gasteiger partial charge in [-0.2, -0.15) is 9.39 Å². The van der Waals surface area contributed by atoms with Crippen LogP contribution in [0.2, 0.25) is 0 Å². The molecule has 10 nitrogen and oxygen atoms in total. The summed E-state index contributed by atoms with van der Waals surface area (Å²) in [6.07, 6.45) is 2.76. The van der Waals surface area contributed by atoms with Gasteiger partial charge in [-0.15, -0.1) is 0 Å². The van der Waals surface area contributed by atoms with E-state index in [0.717, 1.165) is 16.8 Å². The first-order chi connectivity index (χ1) is 14.8. The van der Waals surface area contributed by atoms with E-state index < -0.39 is 21.7 Å². The molecule has 0 atom stereocenters. The molecule has 1 aromatic carbocycles. The third kappa shape index (κ3) is 3.94. The van der Waals surface area contributed by atoms with Crippen LogP contribution in [-0.2, 0) is 14.6 Å². The van der Waals surface area contributed by atoms with Crippen molar-refractivity contribution in [3.05, 3.63) is 59.6 Å². The predicted molar refractivity (Wildman–Crippen MR) is 115 cm³/mol. The number of esters is 1. The van der Waals surface area contributed by atoms with Crippen molar-refractivity contribution in [1.29, 1.82) is 5.41 Å². The van der Waals surface area contributed by atoms with E-state index >= 15 is 0 Å². The number of amidine groups is 3. The van der Waals surface area contributed by atoms with Crippen LogP contribution < -0.4 is 4.74 Å². The maximum Gasteiger partial charge on any atom is 0.379 e. The second-order valence-electron chi connectivity index (χ2n) is 6.25. The van der Waals surface area contributed by atoms with Gasteiger partial charge in [0.05, 0.1) is 29.5 Å². The number of benzene rings is 1. The van der Waals surface area contributed by atoms with Gasteiger partial charge in [-0.05, 0) is 35.9 Å². The molecule has 31 heavy (non-hydrogen) atoms. The molecule has 0 bridgehead atoms. The van der Waals surface area contributed by atoms with Crippen molar-refractivity contribution in [3.8, 4) is 5.75 Å². The Morgan fingerprint density at radius 3 is 2.68 bits per heavy atom. The summed E-state index contributed by atoms with van der Waals surface area (Å²) in [5.74, 6) is -1.55. The fourth-order valence-corrected chi connectivity index (χ4v) is 4.64. The topological polar surface area (TPSA) is 142 Å². The van der Waals surface area contributed by atoms with Crippen LogP contribution in [-0.4, -0.2) is 47.1 Å². The highest BCUT2D eigenvalue weighted by Crippen LogP contribution is 2.30. The van der Waals surface area contributed by atoms with E-state index in [1.807, 2.05) is 0 Å². The van der Waals surface area contributed by atoms with Gasteiger partial charge in [0.2, 0.25) is 25.9 Å². The molecule has 1 N–H and O–H groups in total. The van der Waals surface area contributed by atoms with Crippen molar-refractivity contribution >= 4 is 55.9 Å². The van der Waals surface area contributed by atoms with E-state index in [4.69, 9.17) is 14.6 Å². The number of aliphatic imine (C=N–C) groups is 1. The molecule has 1 amide bonds. The first-order valence-electron chi connectivity index (χ1n) is 8.87. The minimum Gasteiger partial charge on any atom is -0.457 e. The summed E-state index contributed by atoms with van der Waals surface area (Å²) >= 11 is 0.739. The summed E-state index contributed by atoms with van der Waals surface area (Å²) < 4.78 is 38.6. The number of nitrogens with one attached hydrogen (secondary N) is 1. The lowest BCUT2D eigenvalue weighted by molar-refractivity contribution is -0.114. The van der Waals surface area contributed by atoms with Crippen LogP contribution in [0.3, 0.4) is 0 Å². The zero-order valence-electron chi connectivity index (χ0n) is 15.9. The Labute approximate surface area is 180 Å². The average Bonchev–Trinajstić information content (AvgIpc) is 3.43. The Balaban J connectivity index is 1.57. The molecule has 3 heterocycles. The minimum absolute atomic E-state index is 0.0272. The highest BCUT2D eigenvalue weighted by atomic mass is 32.2. The maximum absolute atomic E-state index is 12.4. The van der Waals surface area contributed by atoms with Crippen LogP contribution in [0.25, 0.3) is 6.08 Å².